The SMILES string of the molecule is CNC1=C(C(=N)N)[C@H](C)C[C@@H]1O. The molecule has 0 radical (unpaired) electrons. The van der Waals surface area contributed by atoms with Crippen molar-refractivity contribution >= 4 is 5.84 Å². The van der Waals surface area contributed by atoms with Crippen LogP contribution in [0.1, 0.15) is 13.3 Å². The lowest BCUT2D eigenvalue weighted by atomic mass is 10.0. The van der Waals surface area contributed by atoms with Crippen LogP contribution < -0.4 is 11.1 Å². The van der Waals surface area contributed by atoms with Crippen LogP contribution in [0.2, 0.25) is 0 Å². The fourth-order valence-electron chi connectivity index (χ4n) is 1.73. The summed E-state index contributed by atoms with van der Waals surface area (Å²) in [6, 6.07) is 0. The van der Waals surface area contributed by atoms with Gasteiger partial charge in [-0.1, -0.05) is 6.92 Å². The summed E-state index contributed by atoms with van der Waals surface area (Å²) in [6.45, 7) is 1.96. The average Bonchev–Trinajstić information content (AvgIpc) is 2.24. The van der Waals surface area contributed by atoms with Gasteiger partial charge in [0.2, 0.25) is 0 Å². The van der Waals surface area contributed by atoms with E-state index in [1.165, 1.54) is 0 Å². The first kappa shape index (κ1) is 9.06. The number of nitrogens with one attached hydrogen (secondary N) is 2. The first-order chi connectivity index (χ1) is 5.57. The number of hydrogen-bond acceptors (Lipinski definition) is 3. The minimum absolute atomic E-state index is 0.0587. The summed E-state index contributed by atoms with van der Waals surface area (Å²) in [5.74, 6) is 0.239. The van der Waals surface area contributed by atoms with Gasteiger partial charge in [-0.05, 0) is 12.3 Å². The van der Waals surface area contributed by atoms with Gasteiger partial charge >= 0.3 is 0 Å². The molecular weight excluding hydrogens is 154 g/mol. The van der Waals surface area contributed by atoms with E-state index in [2.05, 4.69) is 5.32 Å². The second kappa shape index (κ2) is 3.15. The Morgan fingerprint density at radius 1 is 1.75 bits per heavy atom. The molecule has 4 heteroatoms. The van der Waals surface area contributed by atoms with E-state index in [-0.39, 0.29) is 11.8 Å². The van der Waals surface area contributed by atoms with E-state index in [9.17, 15) is 5.11 Å². The highest BCUT2D eigenvalue weighted by Crippen LogP contribution is 2.29. The van der Waals surface area contributed by atoms with Gasteiger partial charge in [-0.2, -0.15) is 0 Å². The highest BCUT2D eigenvalue weighted by atomic mass is 16.3. The molecule has 0 aromatic rings. The van der Waals surface area contributed by atoms with Crippen LogP contribution in [0.5, 0.6) is 0 Å². The summed E-state index contributed by atoms with van der Waals surface area (Å²) in [5.41, 5.74) is 6.85. The van der Waals surface area contributed by atoms with Crippen molar-refractivity contribution in [3.05, 3.63) is 11.3 Å². The van der Waals surface area contributed by atoms with Gasteiger partial charge in [0.1, 0.15) is 5.84 Å². The predicted molar refractivity (Wildman–Crippen MR) is 47.8 cm³/mol. The van der Waals surface area contributed by atoms with Gasteiger partial charge in [0.25, 0.3) is 0 Å². The smallest absolute Gasteiger partial charge is 0.120 e. The third-order valence-electron chi connectivity index (χ3n) is 2.25. The zero-order valence-corrected chi connectivity index (χ0v) is 7.39. The maximum Gasteiger partial charge on any atom is 0.120 e. The van der Waals surface area contributed by atoms with E-state index in [0.717, 1.165) is 5.57 Å². The van der Waals surface area contributed by atoms with Crippen molar-refractivity contribution in [2.24, 2.45) is 11.7 Å². The minimum atomic E-state index is -0.483. The van der Waals surface area contributed by atoms with Crippen molar-refractivity contribution in [3.63, 3.8) is 0 Å². The summed E-state index contributed by atoms with van der Waals surface area (Å²) in [7, 11) is 1.74. The summed E-state index contributed by atoms with van der Waals surface area (Å²) >= 11 is 0. The summed E-state index contributed by atoms with van der Waals surface area (Å²) in [6.07, 6.45) is 0.175. The molecule has 0 aliphatic heterocycles. The molecule has 0 aromatic carbocycles. The van der Waals surface area contributed by atoms with E-state index in [4.69, 9.17) is 11.1 Å². The molecule has 2 atom stereocenters. The lowest BCUT2D eigenvalue weighted by Gasteiger charge is -2.09. The summed E-state index contributed by atoms with van der Waals surface area (Å²) < 4.78 is 0. The Balaban J connectivity index is 3.01. The number of nitrogens with two attached hydrogens (primary N) is 1. The highest BCUT2D eigenvalue weighted by Gasteiger charge is 2.30. The molecule has 0 fully saturated rings. The Morgan fingerprint density at radius 3 is 2.67 bits per heavy atom. The zero-order valence-electron chi connectivity index (χ0n) is 7.39. The molecule has 68 valence electrons. The number of hydrogen-bond donors (Lipinski definition) is 4. The van der Waals surface area contributed by atoms with Crippen molar-refractivity contribution < 1.29 is 5.11 Å². The van der Waals surface area contributed by atoms with Crippen LogP contribution in [0.4, 0.5) is 0 Å². The van der Waals surface area contributed by atoms with E-state index < -0.39 is 6.10 Å². The molecule has 1 aliphatic rings. The molecule has 5 N–H and O–H groups in total. The lowest BCUT2D eigenvalue weighted by Crippen LogP contribution is -2.22. The van der Waals surface area contributed by atoms with E-state index >= 15 is 0 Å². The van der Waals surface area contributed by atoms with Gasteiger partial charge in [-0.25, -0.2) is 0 Å². The van der Waals surface area contributed by atoms with E-state index in [1.54, 1.807) is 7.05 Å². The van der Waals surface area contributed by atoms with Gasteiger partial charge in [-0.3, -0.25) is 5.41 Å². The van der Waals surface area contributed by atoms with Crippen molar-refractivity contribution in [3.8, 4) is 0 Å². The Morgan fingerprint density at radius 2 is 2.33 bits per heavy atom. The van der Waals surface area contributed by atoms with Crippen LogP contribution in [0, 0.1) is 11.3 Å². The quantitative estimate of drug-likeness (QED) is 0.341. The van der Waals surface area contributed by atoms with Gasteiger partial charge in [0, 0.05) is 18.3 Å². The standard InChI is InChI=1S/C8H15N3O/c1-4-3-5(12)7(11-2)6(4)8(9)10/h4-5,11-12H,3H2,1-2H3,(H3,9,10)/t4-,5+/m1/s1. The summed E-state index contributed by atoms with van der Waals surface area (Å²) in [4.78, 5) is 0. The molecule has 0 amide bonds. The first-order valence-corrected chi connectivity index (χ1v) is 4.02. The molecule has 1 rings (SSSR count). The number of amidine groups is 1. The maximum atomic E-state index is 9.51. The van der Waals surface area contributed by atoms with Crippen LogP contribution in [-0.2, 0) is 0 Å². The monoisotopic (exact) mass is 169 g/mol. The van der Waals surface area contributed by atoms with Crippen LogP contribution in [0.3, 0.4) is 0 Å². The van der Waals surface area contributed by atoms with Crippen molar-refractivity contribution in [1.29, 1.82) is 5.41 Å². The topological polar surface area (TPSA) is 82.1 Å². The molecule has 0 saturated carbocycles. The molecule has 1 aliphatic carbocycles. The van der Waals surface area contributed by atoms with Crippen LogP contribution in [0.15, 0.2) is 11.3 Å². The van der Waals surface area contributed by atoms with Crippen molar-refractivity contribution in [2.45, 2.75) is 19.4 Å². The number of likely N-dealkylation sites (N-methyl/N-ethyl adjacent to an activating group) is 1. The molecule has 4 nitrogen and oxygen atoms in total. The first-order valence-electron chi connectivity index (χ1n) is 4.02. The third-order valence-corrected chi connectivity index (χ3v) is 2.25. The fraction of sp³-hybridized carbons (Fsp3) is 0.625. The van der Waals surface area contributed by atoms with E-state index in [0.29, 0.717) is 12.1 Å². The Hall–Kier alpha value is -1.03. The van der Waals surface area contributed by atoms with E-state index in [1.807, 2.05) is 6.92 Å². The van der Waals surface area contributed by atoms with Gasteiger partial charge in [0.15, 0.2) is 0 Å². The molecular formula is C8H15N3O. The number of rotatable bonds is 2. The normalized spacial score (nSPS) is 29.2. The van der Waals surface area contributed by atoms with Crippen molar-refractivity contribution in [2.75, 3.05) is 7.05 Å². The average molecular weight is 169 g/mol. The van der Waals surface area contributed by atoms with Gasteiger partial charge in [-0.15, -0.1) is 0 Å². The number of aliphatic hydroxyl groups is 1. The van der Waals surface area contributed by atoms with Crippen molar-refractivity contribution in [1.82, 2.24) is 5.32 Å². The van der Waals surface area contributed by atoms with Crippen LogP contribution >= 0.6 is 0 Å². The fourth-order valence-corrected chi connectivity index (χ4v) is 1.73. The molecule has 0 unspecified atom stereocenters. The van der Waals surface area contributed by atoms with Crippen LogP contribution in [-0.4, -0.2) is 24.1 Å². The molecule has 0 heterocycles. The molecule has 0 saturated heterocycles. The molecule has 0 aromatic heterocycles. The second-order valence-electron chi connectivity index (χ2n) is 3.14. The highest BCUT2D eigenvalue weighted by molar-refractivity contribution is 5.96. The lowest BCUT2D eigenvalue weighted by molar-refractivity contribution is 0.196. The van der Waals surface area contributed by atoms with Gasteiger partial charge < -0.3 is 16.2 Å². The Bertz CT molecular complexity index is 234. The maximum absolute atomic E-state index is 9.51. The second-order valence-corrected chi connectivity index (χ2v) is 3.14. The predicted octanol–water partition coefficient (Wildman–Crippen LogP) is -0.203. The Labute approximate surface area is 72.0 Å². The molecule has 0 spiro atoms. The zero-order chi connectivity index (χ0) is 9.30. The van der Waals surface area contributed by atoms with Crippen LogP contribution in [0.25, 0.3) is 0 Å². The largest absolute Gasteiger partial charge is 0.389 e. The minimum Gasteiger partial charge on any atom is -0.389 e. The van der Waals surface area contributed by atoms with Gasteiger partial charge in [0.05, 0.1) is 6.10 Å². The molecule has 12 heavy (non-hydrogen) atoms. The number of aliphatic hydroxyl groups excluding tert-OH is 1. The molecule has 0 bridgehead atoms. The summed E-state index contributed by atoms with van der Waals surface area (Å²) in [5, 5.41) is 19.7. The third kappa shape index (κ3) is 1.30. The Kier molecular flexibility index (Phi) is 2.38.